The average Bonchev–Trinajstić information content (AvgIpc) is 2.74. The number of rotatable bonds is 2. The van der Waals surface area contributed by atoms with E-state index in [0.717, 1.165) is 25.7 Å². The van der Waals surface area contributed by atoms with Crippen LogP contribution < -0.4 is 16.2 Å². The number of aryl methyl sites for hydroxylation is 1. The third kappa shape index (κ3) is 2.21. The van der Waals surface area contributed by atoms with Crippen molar-refractivity contribution in [2.45, 2.75) is 44.8 Å². The van der Waals surface area contributed by atoms with Crippen LogP contribution in [0.2, 0.25) is 0 Å². The lowest BCUT2D eigenvalue weighted by molar-refractivity contribution is 0.126. The van der Waals surface area contributed by atoms with Gasteiger partial charge in [-0.25, -0.2) is 14.3 Å². The molecule has 0 radical (unpaired) electrons. The van der Waals surface area contributed by atoms with Crippen LogP contribution in [0.1, 0.15) is 31.5 Å². The molecular weight excluding hydrogens is 246 g/mol. The average molecular weight is 263 g/mol. The van der Waals surface area contributed by atoms with Crippen molar-refractivity contribution in [2.24, 2.45) is 5.73 Å². The van der Waals surface area contributed by atoms with Crippen LogP contribution in [0.3, 0.4) is 0 Å². The number of nitrogens with two attached hydrogens (primary N) is 1. The van der Waals surface area contributed by atoms with Crippen molar-refractivity contribution in [1.29, 1.82) is 0 Å². The Bertz CT molecular complexity index is 647. The highest BCUT2D eigenvalue weighted by Crippen LogP contribution is 2.22. The van der Waals surface area contributed by atoms with Gasteiger partial charge in [-0.05, 0) is 26.2 Å². The predicted molar refractivity (Wildman–Crippen MR) is 69.2 cm³/mol. The lowest BCUT2D eigenvalue weighted by atomic mass is 9.93. The van der Waals surface area contributed by atoms with E-state index in [1.54, 1.807) is 13.0 Å². The van der Waals surface area contributed by atoms with Crippen molar-refractivity contribution in [3.8, 4) is 5.88 Å². The van der Waals surface area contributed by atoms with Gasteiger partial charge >= 0.3 is 5.69 Å². The lowest BCUT2D eigenvalue weighted by Gasteiger charge is -2.28. The molecule has 7 heteroatoms. The molecule has 2 aromatic heterocycles. The maximum Gasteiger partial charge on any atom is 0.349 e. The van der Waals surface area contributed by atoms with E-state index in [-0.39, 0.29) is 17.8 Å². The number of nitrogens with one attached hydrogen (secondary N) is 1. The molecule has 0 aromatic carbocycles. The second-order valence-electron chi connectivity index (χ2n) is 4.97. The topological polar surface area (TPSA) is 98.3 Å². The SMILES string of the molecule is Cc1nc(OC2CCCCC2N)cc2n[nH]c(=O)n12. The fraction of sp³-hybridized carbons (Fsp3) is 0.583. The van der Waals surface area contributed by atoms with Gasteiger partial charge < -0.3 is 10.5 Å². The number of hydrogen-bond donors (Lipinski definition) is 2. The standard InChI is InChI=1S/C12H17N5O2/c1-7-14-11(6-10-15-16-12(18)17(7)10)19-9-5-3-2-4-8(9)13/h6,8-9H,2-5,13H2,1H3,(H,16,18). The summed E-state index contributed by atoms with van der Waals surface area (Å²) in [7, 11) is 0. The molecule has 1 aliphatic rings. The summed E-state index contributed by atoms with van der Waals surface area (Å²) in [6.07, 6.45) is 4.20. The number of aromatic nitrogens is 4. The monoisotopic (exact) mass is 263 g/mol. The first-order chi connectivity index (χ1) is 9.15. The quantitative estimate of drug-likeness (QED) is 0.816. The van der Waals surface area contributed by atoms with Crippen LogP contribution in [0.15, 0.2) is 10.9 Å². The number of hydrogen-bond acceptors (Lipinski definition) is 5. The van der Waals surface area contributed by atoms with E-state index >= 15 is 0 Å². The van der Waals surface area contributed by atoms with Crippen LogP contribution in [-0.4, -0.2) is 31.7 Å². The van der Waals surface area contributed by atoms with Crippen molar-refractivity contribution >= 4 is 5.65 Å². The van der Waals surface area contributed by atoms with E-state index in [9.17, 15) is 4.79 Å². The van der Waals surface area contributed by atoms with Crippen LogP contribution in [-0.2, 0) is 0 Å². The highest BCUT2D eigenvalue weighted by Gasteiger charge is 2.24. The molecule has 0 bridgehead atoms. The maximum absolute atomic E-state index is 11.5. The van der Waals surface area contributed by atoms with Crippen LogP contribution in [0.5, 0.6) is 5.88 Å². The smallest absolute Gasteiger partial charge is 0.349 e. The minimum atomic E-state index is -0.291. The van der Waals surface area contributed by atoms with Crippen molar-refractivity contribution in [3.05, 3.63) is 22.4 Å². The van der Waals surface area contributed by atoms with Gasteiger partial charge in [0.05, 0.1) is 0 Å². The second kappa shape index (κ2) is 4.65. The number of H-pyrrole nitrogens is 1. The molecule has 1 saturated carbocycles. The summed E-state index contributed by atoms with van der Waals surface area (Å²) >= 11 is 0. The molecule has 2 aromatic rings. The molecule has 2 atom stereocenters. The van der Waals surface area contributed by atoms with Crippen molar-refractivity contribution < 1.29 is 4.74 Å². The predicted octanol–water partition coefficient (Wildman–Crippen LogP) is 0.375. The van der Waals surface area contributed by atoms with E-state index in [1.807, 2.05) is 0 Å². The summed E-state index contributed by atoms with van der Waals surface area (Å²) in [5, 5.41) is 6.32. The third-order valence-corrected chi connectivity index (χ3v) is 3.57. The maximum atomic E-state index is 11.5. The van der Waals surface area contributed by atoms with Gasteiger partial charge in [0, 0.05) is 12.1 Å². The van der Waals surface area contributed by atoms with Gasteiger partial charge in [-0.3, -0.25) is 0 Å². The van der Waals surface area contributed by atoms with E-state index in [0.29, 0.717) is 17.4 Å². The van der Waals surface area contributed by atoms with E-state index in [4.69, 9.17) is 10.5 Å². The highest BCUT2D eigenvalue weighted by atomic mass is 16.5. The van der Waals surface area contributed by atoms with Crippen LogP contribution >= 0.6 is 0 Å². The van der Waals surface area contributed by atoms with Gasteiger partial charge in [-0.1, -0.05) is 6.42 Å². The van der Waals surface area contributed by atoms with E-state index < -0.39 is 0 Å². The summed E-state index contributed by atoms with van der Waals surface area (Å²) in [5.74, 6) is 1.03. The Hall–Kier alpha value is -1.89. The van der Waals surface area contributed by atoms with Gasteiger partial charge in [0.15, 0.2) is 5.65 Å². The van der Waals surface area contributed by atoms with Crippen molar-refractivity contribution in [3.63, 3.8) is 0 Å². The van der Waals surface area contributed by atoms with Gasteiger partial charge in [0.25, 0.3) is 0 Å². The molecule has 0 spiro atoms. The Labute approximate surface area is 109 Å². The Morgan fingerprint density at radius 1 is 1.47 bits per heavy atom. The molecule has 1 aliphatic carbocycles. The minimum Gasteiger partial charge on any atom is -0.473 e. The Kier molecular flexibility index (Phi) is 2.98. The molecule has 2 unspecified atom stereocenters. The zero-order chi connectivity index (χ0) is 13.4. The fourth-order valence-corrected chi connectivity index (χ4v) is 2.56. The van der Waals surface area contributed by atoms with Gasteiger partial charge in [-0.15, -0.1) is 0 Å². The Morgan fingerprint density at radius 2 is 2.26 bits per heavy atom. The first-order valence-corrected chi connectivity index (χ1v) is 6.52. The number of nitrogens with zero attached hydrogens (tertiary/aromatic N) is 3. The van der Waals surface area contributed by atoms with E-state index in [1.165, 1.54) is 4.40 Å². The number of fused-ring (bicyclic) bond motifs is 1. The summed E-state index contributed by atoms with van der Waals surface area (Å²) in [6, 6.07) is 1.71. The minimum absolute atomic E-state index is 0.00577. The molecule has 0 saturated heterocycles. The molecule has 7 nitrogen and oxygen atoms in total. The fourth-order valence-electron chi connectivity index (χ4n) is 2.56. The number of aromatic amines is 1. The summed E-state index contributed by atoms with van der Waals surface area (Å²) in [5.41, 5.74) is 6.27. The first-order valence-electron chi connectivity index (χ1n) is 6.52. The van der Waals surface area contributed by atoms with Crippen molar-refractivity contribution in [2.75, 3.05) is 0 Å². The molecular formula is C12H17N5O2. The van der Waals surface area contributed by atoms with E-state index in [2.05, 4.69) is 15.2 Å². The zero-order valence-corrected chi connectivity index (χ0v) is 10.8. The van der Waals surface area contributed by atoms with Gasteiger partial charge in [0.1, 0.15) is 11.9 Å². The van der Waals surface area contributed by atoms with Crippen LogP contribution in [0.4, 0.5) is 0 Å². The lowest BCUT2D eigenvalue weighted by Crippen LogP contribution is -2.41. The molecule has 19 heavy (non-hydrogen) atoms. The second-order valence-corrected chi connectivity index (χ2v) is 4.97. The third-order valence-electron chi connectivity index (χ3n) is 3.57. The summed E-state index contributed by atoms with van der Waals surface area (Å²) in [6.45, 7) is 1.75. The zero-order valence-electron chi connectivity index (χ0n) is 10.8. The van der Waals surface area contributed by atoms with Crippen LogP contribution in [0, 0.1) is 6.92 Å². The molecule has 3 rings (SSSR count). The number of ether oxygens (including phenoxy) is 1. The molecule has 1 fully saturated rings. The molecule has 2 heterocycles. The van der Waals surface area contributed by atoms with Gasteiger partial charge in [-0.2, -0.15) is 10.1 Å². The molecule has 0 amide bonds. The van der Waals surface area contributed by atoms with Crippen molar-refractivity contribution in [1.82, 2.24) is 19.6 Å². The summed E-state index contributed by atoms with van der Waals surface area (Å²) < 4.78 is 7.27. The Morgan fingerprint density at radius 3 is 3.05 bits per heavy atom. The Balaban J connectivity index is 1.91. The molecule has 0 aliphatic heterocycles. The van der Waals surface area contributed by atoms with Gasteiger partial charge in [0.2, 0.25) is 5.88 Å². The largest absolute Gasteiger partial charge is 0.473 e. The molecule has 3 N–H and O–H groups in total. The summed E-state index contributed by atoms with van der Waals surface area (Å²) in [4.78, 5) is 15.8. The van der Waals surface area contributed by atoms with Crippen LogP contribution in [0.25, 0.3) is 5.65 Å². The first kappa shape index (κ1) is 12.2. The molecule has 102 valence electrons. The normalized spacial score (nSPS) is 23.7. The highest BCUT2D eigenvalue weighted by molar-refractivity contribution is 5.40.